The summed E-state index contributed by atoms with van der Waals surface area (Å²) in [5, 5.41) is 11.7. The summed E-state index contributed by atoms with van der Waals surface area (Å²) in [6.07, 6.45) is 2.54. The average Bonchev–Trinajstić information content (AvgIpc) is 1.96. The van der Waals surface area contributed by atoms with Gasteiger partial charge in [0.05, 0.1) is 6.42 Å². The van der Waals surface area contributed by atoms with E-state index < -0.39 is 5.97 Å². The van der Waals surface area contributed by atoms with Crippen molar-refractivity contribution in [3.05, 3.63) is 0 Å². The lowest BCUT2D eigenvalue weighted by Gasteiger charge is -2.11. The highest BCUT2D eigenvalue weighted by Crippen LogP contribution is 2.02. The van der Waals surface area contributed by atoms with Crippen molar-refractivity contribution in [3.8, 4) is 0 Å². The van der Waals surface area contributed by atoms with E-state index in [0.717, 1.165) is 18.9 Å². The first-order chi connectivity index (χ1) is 6.02. The first-order valence-corrected chi connectivity index (χ1v) is 4.97. The van der Waals surface area contributed by atoms with Gasteiger partial charge in [-0.1, -0.05) is 13.8 Å². The van der Waals surface area contributed by atoms with Crippen LogP contribution >= 0.6 is 0 Å². The van der Waals surface area contributed by atoms with Crippen LogP contribution in [0.4, 0.5) is 0 Å². The van der Waals surface area contributed by atoms with E-state index in [9.17, 15) is 4.79 Å². The normalized spacial score (nSPS) is 13.2. The van der Waals surface area contributed by atoms with Gasteiger partial charge in [0.25, 0.3) is 0 Å². The van der Waals surface area contributed by atoms with Crippen LogP contribution < -0.4 is 5.32 Å². The van der Waals surface area contributed by atoms with Gasteiger partial charge in [0.2, 0.25) is 0 Å². The van der Waals surface area contributed by atoms with Crippen molar-refractivity contribution in [2.45, 2.75) is 46.1 Å². The van der Waals surface area contributed by atoms with Crippen LogP contribution in [0.1, 0.15) is 40.0 Å². The third kappa shape index (κ3) is 9.34. The second kappa shape index (κ2) is 6.89. The number of nitrogens with one attached hydrogen (secondary N) is 1. The Balaban J connectivity index is 3.26. The summed E-state index contributed by atoms with van der Waals surface area (Å²) in [6.45, 7) is 7.22. The van der Waals surface area contributed by atoms with Gasteiger partial charge in [-0.05, 0) is 32.2 Å². The Kier molecular flexibility index (Phi) is 6.59. The molecule has 0 heterocycles. The molecule has 0 aromatic heterocycles. The molecule has 0 aliphatic rings. The molecule has 0 rings (SSSR count). The van der Waals surface area contributed by atoms with Crippen molar-refractivity contribution in [3.63, 3.8) is 0 Å². The first kappa shape index (κ1) is 12.4. The van der Waals surface area contributed by atoms with Gasteiger partial charge in [-0.25, -0.2) is 0 Å². The number of carboxylic acid groups (broad SMARTS) is 1. The van der Waals surface area contributed by atoms with Crippen LogP contribution in [-0.4, -0.2) is 23.7 Å². The molecule has 0 aromatic rings. The van der Waals surface area contributed by atoms with Crippen LogP contribution in [0.5, 0.6) is 0 Å². The molecule has 3 heteroatoms. The fourth-order valence-corrected chi connectivity index (χ4v) is 1.19. The first-order valence-electron chi connectivity index (χ1n) is 4.97. The van der Waals surface area contributed by atoms with E-state index in [1.165, 1.54) is 6.42 Å². The summed E-state index contributed by atoms with van der Waals surface area (Å²) in [5.41, 5.74) is 0. The number of carbonyl (C=O) groups is 1. The monoisotopic (exact) mass is 187 g/mol. The van der Waals surface area contributed by atoms with E-state index in [2.05, 4.69) is 19.2 Å². The third-order valence-corrected chi connectivity index (χ3v) is 1.93. The highest BCUT2D eigenvalue weighted by Gasteiger charge is 2.05. The highest BCUT2D eigenvalue weighted by molar-refractivity contribution is 5.67. The summed E-state index contributed by atoms with van der Waals surface area (Å²) in [5.74, 6) is 0.000407. The Morgan fingerprint density at radius 3 is 2.46 bits per heavy atom. The summed E-state index contributed by atoms with van der Waals surface area (Å²) < 4.78 is 0. The van der Waals surface area contributed by atoms with E-state index in [1.807, 2.05) is 6.92 Å². The van der Waals surface area contributed by atoms with E-state index in [0.29, 0.717) is 0 Å². The van der Waals surface area contributed by atoms with Crippen molar-refractivity contribution < 1.29 is 9.90 Å². The fraction of sp³-hybridized carbons (Fsp3) is 0.900. The Hall–Kier alpha value is -0.570. The smallest absolute Gasteiger partial charge is 0.304 e. The van der Waals surface area contributed by atoms with Gasteiger partial charge in [0, 0.05) is 6.04 Å². The summed E-state index contributed by atoms with van der Waals surface area (Å²) >= 11 is 0. The van der Waals surface area contributed by atoms with Crippen LogP contribution in [-0.2, 0) is 4.79 Å². The van der Waals surface area contributed by atoms with Crippen molar-refractivity contribution in [1.29, 1.82) is 0 Å². The maximum absolute atomic E-state index is 10.3. The van der Waals surface area contributed by atoms with Crippen LogP contribution in [0.3, 0.4) is 0 Å². The Morgan fingerprint density at radius 2 is 2.00 bits per heavy atom. The number of aliphatic carboxylic acids is 1. The van der Waals surface area contributed by atoms with E-state index in [-0.39, 0.29) is 12.5 Å². The SMILES string of the molecule is CC(C)CCCNC(C)CC(=O)O. The lowest BCUT2D eigenvalue weighted by Crippen LogP contribution is -2.29. The predicted octanol–water partition coefficient (Wildman–Crippen LogP) is 1.88. The van der Waals surface area contributed by atoms with Gasteiger partial charge in [-0.15, -0.1) is 0 Å². The summed E-state index contributed by atoms with van der Waals surface area (Å²) in [6, 6.07) is 0.0877. The maximum Gasteiger partial charge on any atom is 0.304 e. The fourth-order valence-electron chi connectivity index (χ4n) is 1.19. The van der Waals surface area contributed by atoms with Crippen molar-refractivity contribution in [1.82, 2.24) is 5.32 Å². The molecule has 0 fully saturated rings. The lowest BCUT2D eigenvalue weighted by atomic mass is 10.1. The molecule has 1 atom stereocenters. The molecule has 0 saturated carbocycles. The molecule has 78 valence electrons. The minimum Gasteiger partial charge on any atom is -0.481 e. The van der Waals surface area contributed by atoms with Crippen LogP contribution in [0.25, 0.3) is 0 Å². The number of rotatable bonds is 7. The van der Waals surface area contributed by atoms with Gasteiger partial charge in [-0.2, -0.15) is 0 Å². The minimum absolute atomic E-state index is 0.0877. The standard InChI is InChI=1S/C10H21NO2/c1-8(2)5-4-6-11-9(3)7-10(12)13/h8-9,11H,4-7H2,1-3H3,(H,12,13). The molecular weight excluding hydrogens is 166 g/mol. The second-order valence-corrected chi connectivity index (χ2v) is 3.99. The van der Waals surface area contributed by atoms with Gasteiger partial charge < -0.3 is 10.4 Å². The van der Waals surface area contributed by atoms with Crippen molar-refractivity contribution in [2.24, 2.45) is 5.92 Å². The van der Waals surface area contributed by atoms with Gasteiger partial charge in [0.15, 0.2) is 0 Å². The zero-order chi connectivity index (χ0) is 10.3. The lowest BCUT2D eigenvalue weighted by molar-refractivity contribution is -0.137. The highest BCUT2D eigenvalue weighted by atomic mass is 16.4. The topological polar surface area (TPSA) is 49.3 Å². The molecule has 0 bridgehead atoms. The Morgan fingerprint density at radius 1 is 1.38 bits per heavy atom. The third-order valence-electron chi connectivity index (χ3n) is 1.93. The zero-order valence-corrected chi connectivity index (χ0v) is 8.84. The molecule has 0 aromatic carbocycles. The van der Waals surface area contributed by atoms with Crippen LogP contribution in [0, 0.1) is 5.92 Å². The second-order valence-electron chi connectivity index (χ2n) is 3.99. The molecule has 0 saturated heterocycles. The molecule has 13 heavy (non-hydrogen) atoms. The van der Waals surface area contributed by atoms with E-state index in [1.54, 1.807) is 0 Å². The minimum atomic E-state index is -0.733. The number of carboxylic acids is 1. The largest absolute Gasteiger partial charge is 0.481 e. The quantitative estimate of drug-likeness (QED) is 0.598. The molecule has 2 N–H and O–H groups in total. The number of hydrogen-bond donors (Lipinski definition) is 2. The molecule has 0 amide bonds. The molecule has 0 aliphatic heterocycles. The molecule has 3 nitrogen and oxygen atoms in total. The molecule has 0 radical (unpaired) electrons. The summed E-state index contributed by atoms with van der Waals surface area (Å²) in [4.78, 5) is 10.3. The van der Waals surface area contributed by atoms with Gasteiger partial charge in [-0.3, -0.25) is 4.79 Å². The molecule has 1 unspecified atom stereocenters. The molecular formula is C10H21NO2. The molecule has 0 aliphatic carbocycles. The van der Waals surface area contributed by atoms with Gasteiger partial charge >= 0.3 is 5.97 Å². The zero-order valence-electron chi connectivity index (χ0n) is 8.84. The van der Waals surface area contributed by atoms with Crippen LogP contribution in [0.2, 0.25) is 0 Å². The van der Waals surface area contributed by atoms with E-state index in [4.69, 9.17) is 5.11 Å². The van der Waals surface area contributed by atoms with Gasteiger partial charge in [0.1, 0.15) is 0 Å². The predicted molar refractivity (Wildman–Crippen MR) is 53.8 cm³/mol. The van der Waals surface area contributed by atoms with Crippen molar-refractivity contribution in [2.75, 3.05) is 6.54 Å². The Bertz CT molecular complexity index is 146. The number of hydrogen-bond acceptors (Lipinski definition) is 2. The van der Waals surface area contributed by atoms with E-state index >= 15 is 0 Å². The summed E-state index contributed by atoms with van der Waals surface area (Å²) in [7, 11) is 0. The average molecular weight is 187 g/mol. The van der Waals surface area contributed by atoms with Crippen LogP contribution in [0.15, 0.2) is 0 Å². The maximum atomic E-state index is 10.3. The Labute approximate surface area is 80.5 Å². The van der Waals surface area contributed by atoms with Crippen molar-refractivity contribution >= 4 is 5.97 Å². The molecule has 0 spiro atoms.